The van der Waals surface area contributed by atoms with Gasteiger partial charge in [-0.15, -0.1) is 0 Å². The van der Waals surface area contributed by atoms with E-state index >= 15 is 0 Å². The summed E-state index contributed by atoms with van der Waals surface area (Å²) in [4.78, 5) is 2.06. The summed E-state index contributed by atoms with van der Waals surface area (Å²) in [7, 11) is 3.62. The molecule has 5 nitrogen and oxygen atoms in total. The first-order valence-corrected chi connectivity index (χ1v) is 8.29. The summed E-state index contributed by atoms with van der Waals surface area (Å²) in [5, 5.41) is 21.8. The maximum atomic E-state index is 11.2. The van der Waals surface area contributed by atoms with Crippen LogP contribution in [0.2, 0.25) is 0 Å². The Kier molecular flexibility index (Phi) is 5.04. The normalized spacial score (nSPS) is 37.1. The molecular weight excluding hydrogens is 294 g/mol. The van der Waals surface area contributed by atoms with Gasteiger partial charge in [-0.05, 0) is 31.4 Å². The molecule has 0 radical (unpaired) electrons. The highest BCUT2D eigenvalue weighted by atomic mass is 16.5. The van der Waals surface area contributed by atoms with Crippen LogP contribution in [0.15, 0.2) is 30.3 Å². The molecule has 2 fully saturated rings. The number of hydrogen-bond acceptors (Lipinski definition) is 5. The molecule has 23 heavy (non-hydrogen) atoms. The van der Waals surface area contributed by atoms with Crippen molar-refractivity contribution in [2.45, 2.75) is 43.2 Å². The summed E-state index contributed by atoms with van der Waals surface area (Å²) in [6.07, 6.45) is 0.820. The quantitative estimate of drug-likeness (QED) is 0.848. The number of methoxy groups -OCH3 is 1. The van der Waals surface area contributed by atoms with Crippen LogP contribution in [0.5, 0.6) is 0 Å². The zero-order chi connectivity index (χ0) is 16.4. The summed E-state index contributed by atoms with van der Waals surface area (Å²) in [6.45, 7) is 1.48. The maximum absolute atomic E-state index is 11.2. The first kappa shape index (κ1) is 16.9. The van der Waals surface area contributed by atoms with E-state index in [2.05, 4.69) is 17.0 Å². The number of aliphatic hydroxyl groups excluding tert-OH is 1. The van der Waals surface area contributed by atoms with Crippen LogP contribution in [0.3, 0.4) is 0 Å². The van der Waals surface area contributed by atoms with Gasteiger partial charge < -0.3 is 19.7 Å². The third kappa shape index (κ3) is 3.30. The largest absolute Gasteiger partial charge is 0.391 e. The SMILES string of the molecule is COC[C@H]1C[C@H]2C[C@@H](O)[C@H](N(C)Cc3ccccc3)[C@]2(O)CO1. The fourth-order valence-electron chi connectivity index (χ4n) is 4.29. The van der Waals surface area contributed by atoms with Gasteiger partial charge in [0, 0.05) is 13.7 Å². The Morgan fingerprint density at radius 2 is 2.04 bits per heavy atom. The van der Waals surface area contributed by atoms with Crippen LogP contribution in [-0.2, 0) is 16.0 Å². The Hall–Kier alpha value is -0.980. The molecular formula is C18H27NO4. The molecule has 1 heterocycles. The Morgan fingerprint density at radius 1 is 1.30 bits per heavy atom. The van der Waals surface area contributed by atoms with Gasteiger partial charge in [0.15, 0.2) is 0 Å². The van der Waals surface area contributed by atoms with Crippen LogP contribution >= 0.6 is 0 Å². The number of nitrogens with zero attached hydrogens (tertiary/aromatic N) is 1. The molecule has 3 rings (SSSR count). The first-order chi connectivity index (χ1) is 11.0. The van der Waals surface area contributed by atoms with Crippen LogP contribution in [0.1, 0.15) is 18.4 Å². The molecule has 0 amide bonds. The van der Waals surface area contributed by atoms with Gasteiger partial charge in [-0.1, -0.05) is 30.3 Å². The molecule has 0 unspecified atom stereocenters. The molecule has 1 aromatic carbocycles. The summed E-state index contributed by atoms with van der Waals surface area (Å²) in [5.41, 5.74) is 0.177. The van der Waals surface area contributed by atoms with Gasteiger partial charge in [0.25, 0.3) is 0 Å². The van der Waals surface area contributed by atoms with Crippen LogP contribution in [0.25, 0.3) is 0 Å². The molecule has 128 valence electrons. The molecule has 0 bridgehead atoms. The van der Waals surface area contributed by atoms with Crippen molar-refractivity contribution in [1.29, 1.82) is 0 Å². The second kappa shape index (κ2) is 6.87. The third-order valence-electron chi connectivity index (χ3n) is 5.31. The van der Waals surface area contributed by atoms with Gasteiger partial charge >= 0.3 is 0 Å². The Morgan fingerprint density at radius 3 is 2.74 bits per heavy atom. The van der Waals surface area contributed by atoms with Crippen molar-refractivity contribution in [3.05, 3.63) is 35.9 Å². The lowest BCUT2D eigenvalue weighted by molar-refractivity contribution is -0.178. The molecule has 5 atom stereocenters. The van der Waals surface area contributed by atoms with E-state index in [4.69, 9.17) is 9.47 Å². The zero-order valence-electron chi connectivity index (χ0n) is 13.9. The van der Waals surface area contributed by atoms with Crippen molar-refractivity contribution in [1.82, 2.24) is 4.90 Å². The Labute approximate surface area is 137 Å². The van der Waals surface area contributed by atoms with E-state index in [0.29, 0.717) is 19.6 Å². The molecule has 1 aliphatic carbocycles. The van der Waals surface area contributed by atoms with Crippen LogP contribution < -0.4 is 0 Å². The van der Waals surface area contributed by atoms with Gasteiger partial charge in [0.1, 0.15) is 5.60 Å². The predicted molar refractivity (Wildman–Crippen MR) is 87.0 cm³/mol. The summed E-state index contributed by atoms with van der Waals surface area (Å²) in [5.74, 6) is 0.0506. The topological polar surface area (TPSA) is 62.2 Å². The minimum absolute atomic E-state index is 0.00987. The van der Waals surface area contributed by atoms with Crippen LogP contribution in [0, 0.1) is 5.92 Å². The molecule has 1 aliphatic heterocycles. The number of ether oxygens (including phenoxy) is 2. The monoisotopic (exact) mass is 321 g/mol. The van der Waals surface area contributed by atoms with Gasteiger partial charge in [-0.25, -0.2) is 0 Å². The van der Waals surface area contributed by atoms with E-state index in [1.54, 1.807) is 7.11 Å². The molecule has 1 aromatic rings. The molecule has 2 aliphatic rings. The fourth-order valence-corrected chi connectivity index (χ4v) is 4.29. The smallest absolute Gasteiger partial charge is 0.109 e. The molecule has 5 heteroatoms. The number of benzene rings is 1. The number of aliphatic hydroxyl groups is 2. The Bertz CT molecular complexity index is 511. The minimum atomic E-state index is -0.993. The second-order valence-electron chi connectivity index (χ2n) is 6.96. The highest BCUT2D eigenvalue weighted by molar-refractivity contribution is 5.16. The molecule has 2 N–H and O–H groups in total. The average molecular weight is 321 g/mol. The van der Waals surface area contributed by atoms with Gasteiger partial charge in [-0.3, -0.25) is 4.90 Å². The summed E-state index contributed by atoms with van der Waals surface area (Å²) >= 11 is 0. The van der Waals surface area contributed by atoms with E-state index in [1.165, 1.54) is 5.56 Å². The predicted octanol–water partition coefficient (Wildman–Crippen LogP) is 1.03. The van der Waals surface area contributed by atoms with Gasteiger partial charge in [0.05, 0.1) is 31.5 Å². The highest BCUT2D eigenvalue weighted by Crippen LogP contribution is 2.45. The molecule has 1 saturated heterocycles. The summed E-state index contributed by atoms with van der Waals surface area (Å²) < 4.78 is 11.0. The lowest BCUT2D eigenvalue weighted by atomic mass is 9.82. The van der Waals surface area contributed by atoms with E-state index in [9.17, 15) is 10.2 Å². The number of fused-ring (bicyclic) bond motifs is 1. The van der Waals surface area contributed by atoms with Crippen LogP contribution in [-0.4, -0.2) is 66.3 Å². The first-order valence-electron chi connectivity index (χ1n) is 8.29. The van der Waals surface area contributed by atoms with E-state index < -0.39 is 11.7 Å². The van der Waals surface area contributed by atoms with E-state index in [-0.39, 0.29) is 24.7 Å². The third-order valence-corrected chi connectivity index (χ3v) is 5.31. The fraction of sp³-hybridized carbons (Fsp3) is 0.667. The van der Waals surface area contributed by atoms with Gasteiger partial charge in [0.2, 0.25) is 0 Å². The van der Waals surface area contributed by atoms with Crippen molar-refractivity contribution in [2.24, 2.45) is 5.92 Å². The number of hydrogen-bond donors (Lipinski definition) is 2. The number of likely N-dealkylation sites (N-methyl/N-ethyl adjacent to an activating group) is 1. The lowest BCUT2D eigenvalue weighted by Crippen LogP contribution is -2.59. The van der Waals surface area contributed by atoms with Crippen molar-refractivity contribution < 1.29 is 19.7 Å². The van der Waals surface area contributed by atoms with Crippen molar-refractivity contribution in [2.75, 3.05) is 27.4 Å². The van der Waals surface area contributed by atoms with Crippen molar-refractivity contribution in [3.8, 4) is 0 Å². The lowest BCUT2D eigenvalue weighted by Gasteiger charge is -2.44. The van der Waals surface area contributed by atoms with Crippen molar-refractivity contribution >= 4 is 0 Å². The number of rotatable bonds is 5. The minimum Gasteiger partial charge on any atom is -0.391 e. The molecule has 0 aromatic heterocycles. The summed E-state index contributed by atoms with van der Waals surface area (Å²) in [6, 6.07) is 9.81. The van der Waals surface area contributed by atoms with E-state index in [1.807, 2.05) is 25.2 Å². The highest BCUT2D eigenvalue weighted by Gasteiger charge is 2.57. The zero-order valence-corrected chi connectivity index (χ0v) is 13.9. The Balaban J connectivity index is 1.72. The standard InChI is InChI=1S/C18H27NO4/c1-19(10-13-6-4-3-5-7-13)17-16(20)9-14-8-15(11-22-2)23-12-18(14,17)21/h3-7,14-17,20-21H,8-12H2,1-2H3/t14-,15+,16+,17-,18-/m0/s1. The molecule has 1 saturated carbocycles. The molecule has 0 spiro atoms. The average Bonchev–Trinajstić information content (AvgIpc) is 2.78. The van der Waals surface area contributed by atoms with Gasteiger partial charge in [-0.2, -0.15) is 0 Å². The van der Waals surface area contributed by atoms with Crippen molar-refractivity contribution in [3.63, 3.8) is 0 Å². The second-order valence-corrected chi connectivity index (χ2v) is 6.96. The maximum Gasteiger partial charge on any atom is 0.109 e. The van der Waals surface area contributed by atoms with E-state index in [0.717, 1.165) is 6.42 Å². The van der Waals surface area contributed by atoms with Crippen LogP contribution in [0.4, 0.5) is 0 Å².